The van der Waals surface area contributed by atoms with Gasteiger partial charge in [0.2, 0.25) is 12.3 Å². The van der Waals surface area contributed by atoms with Crippen LogP contribution >= 0.6 is 0 Å². The third-order valence-electron chi connectivity index (χ3n) is 2.82. The van der Waals surface area contributed by atoms with Crippen LogP contribution in [0, 0.1) is 0 Å². The van der Waals surface area contributed by atoms with E-state index >= 15 is 0 Å². The molecule has 1 fully saturated rings. The second-order valence-corrected chi connectivity index (χ2v) is 4.14. The van der Waals surface area contributed by atoms with Crippen molar-refractivity contribution in [3.8, 4) is 11.5 Å². The van der Waals surface area contributed by atoms with Gasteiger partial charge in [-0.15, -0.1) is 15.3 Å². The molecule has 18 heavy (non-hydrogen) atoms. The molecule has 0 saturated carbocycles. The summed E-state index contributed by atoms with van der Waals surface area (Å²) in [7, 11) is 0. The fraction of sp³-hybridized carbons (Fsp3) is 0.333. The molecular formula is C12H13N5O. The average molecular weight is 243 g/mol. The third-order valence-corrected chi connectivity index (χ3v) is 2.82. The van der Waals surface area contributed by atoms with Crippen molar-refractivity contribution in [1.82, 2.24) is 15.2 Å². The molecule has 0 aliphatic carbocycles. The van der Waals surface area contributed by atoms with E-state index in [-0.39, 0.29) is 0 Å². The van der Waals surface area contributed by atoms with Crippen LogP contribution in [0.1, 0.15) is 12.8 Å². The fourth-order valence-electron chi connectivity index (χ4n) is 1.90. The highest BCUT2D eigenvalue weighted by Gasteiger charge is 2.08. The fourth-order valence-corrected chi connectivity index (χ4v) is 1.90. The van der Waals surface area contributed by atoms with E-state index in [1.54, 1.807) is 0 Å². The van der Waals surface area contributed by atoms with Crippen molar-refractivity contribution in [1.29, 1.82) is 0 Å². The minimum Gasteiger partial charge on any atom is -0.423 e. The molecule has 1 aromatic carbocycles. The van der Waals surface area contributed by atoms with Gasteiger partial charge in [-0.2, -0.15) is 0 Å². The van der Waals surface area contributed by atoms with Crippen LogP contribution in [0.5, 0.6) is 0 Å². The summed E-state index contributed by atoms with van der Waals surface area (Å²) in [5, 5.41) is 17.9. The summed E-state index contributed by atoms with van der Waals surface area (Å²) in [5.74, 6) is 0.494. The van der Waals surface area contributed by atoms with E-state index in [1.165, 1.54) is 19.2 Å². The normalized spacial score (nSPS) is 15.7. The van der Waals surface area contributed by atoms with Gasteiger partial charge in [-0.25, -0.2) is 0 Å². The van der Waals surface area contributed by atoms with Gasteiger partial charge in [-0.05, 0) is 31.0 Å². The highest BCUT2D eigenvalue weighted by Crippen LogP contribution is 2.22. The average Bonchev–Trinajstić information content (AvgIpc) is 3.10. The molecule has 6 nitrogen and oxygen atoms in total. The van der Waals surface area contributed by atoms with E-state index in [0.717, 1.165) is 24.3 Å². The van der Waals surface area contributed by atoms with E-state index in [0.29, 0.717) is 5.89 Å². The Morgan fingerprint density at radius 1 is 1.22 bits per heavy atom. The first-order valence-electron chi connectivity index (χ1n) is 5.95. The Labute approximate surface area is 104 Å². The molecule has 0 spiro atoms. The topological polar surface area (TPSA) is 66.9 Å². The molecular weight excluding hydrogens is 230 g/mol. The summed E-state index contributed by atoms with van der Waals surface area (Å²) < 4.78 is 5.15. The molecule has 0 bridgehead atoms. The molecule has 0 unspecified atom stereocenters. The molecule has 92 valence electrons. The molecule has 6 heteroatoms. The Kier molecular flexibility index (Phi) is 2.99. The van der Waals surface area contributed by atoms with E-state index in [2.05, 4.69) is 20.5 Å². The largest absolute Gasteiger partial charge is 0.423 e. The first-order valence-corrected chi connectivity index (χ1v) is 5.95. The number of hydrogen-bond acceptors (Lipinski definition) is 5. The van der Waals surface area contributed by atoms with Gasteiger partial charge in [0.05, 0.1) is 5.69 Å². The van der Waals surface area contributed by atoms with Crippen LogP contribution in [0.3, 0.4) is 0 Å². The van der Waals surface area contributed by atoms with Gasteiger partial charge >= 0.3 is 0 Å². The molecule has 1 saturated heterocycles. The summed E-state index contributed by atoms with van der Waals surface area (Å²) in [4.78, 5) is 0. The second kappa shape index (κ2) is 4.95. The summed E-state index contributed by atoms with van der Waals surface area (Å²) in [6.07, 6.45) is 3.70. The number of hydrogen-bond donors (Lipinski definition) is 0. The van der Waals surface area contributed by atoms with Gasteiger partial charge in [0.15, 0.2) is 0 Å². The number of aromatic nitrogens is 2. The van der Waals surface area contributed by atoms with E-state index in [1.807, 2.05) is 29.3 Å². The highest BCUT2D eigenvalue weighted by molar-refractivity contribution is 5.58. The molecule has 0 amide bonds. The summed E-state index contributed by atoms with van der Waals surface area (Å²) in [5.41, 5.74) is 1.64. The molecule has 1 aliphatic rings. The Morgan fingerprint density at radius 3 is 2.89 bits per heavy atom. The van der Waals surface area contributed by atoms with Gasteiger partial charge in [0.25, 0.3) is 0 Å². The Bertz CT molecular complexity index is 531. The Morgan fingerprint density at radius 2 is 2.11 bits per heavy atom. The minimum atomic E-state index is 0.494. The third kappa shape index (κ3) is 2.37. The van der Waals surface area contributed by atoms with E-state index in [4.69, 9.17) is 4.42 Å². The lowest BCUT2D eigenvalue weighted by Crippen LogP contribution is -2.09. The maximum Gasteiger partial charge on any atom is 0.247 e. The van der Waals surface area contributed by atoms with Crippen LogP contribution in [0.25, 0.3) is 11.5 Å². The molecule has 1 aliphatic heterocycles. The quantitative estimate of drug-likeness (QED) is 0.777. The standard InChI is InChI=1S/C12H13N5O/c1-2-7-17(6-1)16-14-11-5-3-4-10(8-11)12-15-13-9-18-12/h3-5,8-9H,1-2,6-7H2. The van der Waals surface area contributed by atoms with Crippen molar-refractivity contribution in [3.05, 3.63) is 30.7 Å². The van der Waals surface area contributed by atoms with Crippen molar-refractivity contribution in [2.24, 2.45) is 10.3 Å². The van der Waals surface area contributed by atoms with Crippen molar-refractivity contribution >= 4 is 5.69 Å². The van der Waals surface area contributed by atoms with Crippen LogP contribution in [-0.4, -0.2) is 28.3 Å². The maximum atomic E-state index is 5.15. The summed E-state index contributed by atoms with van der Waals surface area (Å²) in [6, 6.07) is 7.59. The summed E-state index contributed by atoms with van der Waals surface area (Å²) >= 11 is 0. The van der Waals surface area contributed by atoms with Gasteiger partial charge in [-0.1, -0.05) is 11.3 Å². The molecule has 1 aromatic heterocycles. The van der Waals surface area contributed by atoms with Gasteiger partial charge < -0.3 is 4.42 Å². The Hall–Kier alpha value is -2.24. The number of nitrogens with zero attached hydrogens (tertiary/aromatic N) is 5. The molecule has 2 aromatic rings. The lowest BCUT2D eigenvalue weighted by molar-refractivity contribution is 0.336. The van der Waals surface area contributed by atoms with Gasteiger partial charge in [-0.3, -0.25) is 5.01 Å². The predicted octanol–water partition coefficient (Wildman–Crippen LogP) is 2.83. The molecule has 0 radical (unpaired) electrons. The zero-order valence-corrected chi connectivity index (χ0v) is 9.86. The molecule has 3 rings (SSSR count). The van der Waals surface area contributed by atoms with Crippen LogP contribution in [0.2, 0.25) is 0 Å². The predicted molar refractivity (Wildman–Crippen MR) is 65.1 cm³/mol. The number of rotatable bonds is 3. The molecule has 0 atom stereocenters. The monoisotopic (exact) mass is 243 g/mol. The van der Waals surface area contributed by atoms with Crippen molar-refractivity contribution in [2.75, 3.05) is 13.1 Å². The number of benzene rings is 1. The zero-order valence-electron chi connectivity index (χ0n) is 9.86. The zero-order chi connectivity index (χ0) is 12.2. The highest BCUT2D eigenvalue weighted by atomic mass is 16.4. The van der Waals surface area contributed by atoms with Crippen LogP contribution in [0.4, 0.5) is 5.69 Å². The smallest absolute Gasteiger partial charge is 0.247 e. The van der Waals surface area contributed by atoms with E-state index < -0.39 is 0 Å². The van der Waals surface area contributed by atoms with Crippen LogP contribution in [0.15, 0.2) is 45.4 Å². The van der Waals surface area contributed by atoms with Crippen molar-refractivity contribution in [3.63, 3.8) is 0 Å². The van der Waals surface area contributed by atoms with Crippen molar-refractivity contribution in [2.45, 2.75) is 12.8 Å². The Balaban J connectivity index is 1.78. The van der Waals surface area contributed by atoms with Gasteiger partial charge in [0, 0.05) is 18.7 Å². The molecule has 0 N–H and O–H groups in total. The lowest BCUT2D eigenvalue weighted by Gasteiger charge is -2.06. The second-order valence-electron chi connectivity index (χ2n) is 4.14. The van der Waals surface area contributed by atoms with Gasteiger partial charge in [0.1, 0.15) is 0 Å². The lowest BCUT2D eigenvalue weighted by atomic mass is 10.2. The maximum absolute atomic E-state index is 5.15. The molecule has 2 heterocycles. The summed E-state index contributed by atoms with van der Waals surface area (Å²) in [6.45, 7) is 1.99. The van der Waals surface area contributed by atoms with Crippen molar-refractivity contribution < 1.29 is 4.42 Å². The first-order chi connectivity index (χ1) is 8.92. The van der Waals surface area contributed by atoms with Crippen LogP contribution in [-0.2, 0) is 0 Å². The SMILES string of the molecule is c1cc(N=NN2CCCC2)cc(-c2nnco2)c1. The first kappa shape index (κ1) is 10.9. The van der Waals surface area contributed by atoms with E-state index in [9.17, 15) is 0 Å². The minimum absolute atomic E-state index is 0.494. The van der Waals surface area contributed by atoms with Crippen LogP contribution < -0.4 is 0 Å².